The van der Waals surface area contributed by atoms with E-state index in [1.54, 1.807) is 15.2 Å². The number of para-hydroxylation sites is 2. The van der Waals surface area contributed by atoms with Crippen LogP contribution in [-0.4, -0.2) is 62.7 Å². The molecule has 6 aromatic rings. The van der Waals surface area contributed by atoms with Gasteiger partial charge in [0.15, 0.2) is 0 Å². The molecule has 1 aliphatic rings. The van der Waals surface area contributed by atoms with Gasteiger partial charge in [0.1, 0.15) is 23.1 Å². The van der Waals surface area contributed by atoms with Gasteiger partial charge in [-0.15, -0.1) is 11.6 Å². The molecule has 0 radical (unpaired) electrons. The first-order valence-electron chi connectivity index (χ1n) is 19.0. The largest absolute Gasteiger partial charge is 0.492 e. The molecular formula is C43H46Br2ClN5O4. The van der Waals surface area contributed by atoms with Crippen LogP contribution in [0.5, 0.6) is 11.5 Å². The summed E-state index contributed by atoms with van der Waals surface area (Å²) < 4.78 is 16.7. The molecule has 0 spiro atoms. The van der Waals surface area contributed by atoms with Crippen molar-refractivity contribution in [3.63, 3.8) is 0 Å². The fourth-order valence-corrected chi connectivity index (χ4v) is 7.82. The van der Waals surface area contributed by atoms with Crippen LogP contribution in [0.25, 0.3) is 33.2 Å². The molecule has 3 heterocycles. The maximum absolute atomic E-state index is 13.1. The number of hydrogen-bond acceptors (Lipinski definition) is 7. The molecule has 4 aromatic carbocycles. The zero-order chi connectivity index (χ0) is 38.7. The van der Waals surface area contributed by atoms with E-state index in [1.807, 2.05) is 92.7 Å². The molecule has 55 heavy (non-hydrogen) atoms. The van der Waals surface area contributed by atoms with Crippen LogP contribution in [0.15, 0.2) is 103 Å². The zero-order valence-corrected chi connectivity index (χ0v) is 35.2. The van der Waals surface area contributed by atoms with Crippen molar-refractivity contribution in [1.82, 2.24) is 24.0 Å². The summed E-state index contributed by atoms with van der Waals surface area (Å²) in [6.45, 7) is 8.77. The van der Waals surface area contributed by atoms with Gasteiger partial charge in [-0.1, -0.05) is 44.5 Å². The summed E-state index contributed by atoms with van der Waals surface area (Å²) in [5.41, 5.74) is 2.91. The summed E-state index contributed by atoms with van der Waals surface area (Å²) in [6, 6.07) is 26.3. The number of ether oxygens (including phenoxy) is 2. The Balaban J connectivity index is 0.000000190. The molecule has 0 aliphatic carbocycles. The van der Waals surface area contributed by atoms with Crippen molar-refractivity contribution in [3.8, 4) is 22.9 Å². The summed E-state index contributed by atoms with van der Waals surface area (Å²) in [4.78, 5) is 38.0. The molecule has 2 aromatic heterocycles. The second-order valence-corrected chi connectivity index (χ2v) is 15.4. The molecule has 0 unspecified atom stereocenters. The lowest BCUT2D eigenvalue weighted by Crippen LogP contribution is -2.31. The molecule has 1 aliphatic heterocycles. The van der Waals surface area contributed by atoms with Crippen LogP contribution in [0.4, 0.5) is 0 Å². The highest BCUT2D eigenvalue weighted by Gasteiger charge is 2.15. The highest BCUT2D eigenvalue weighted by atomic mass is 79.9. The van der Waals surface area contributed by atoms with Crippen LogP contribution >= 0.6 is 43.5 Å². The maximum atomic E-state index is 13.1. The smallest absolute Gasteiger partial charge is 0.265 e. The number of alkyl halides is 1. The van der Waals surface area contributed by atoms with Crippen molar-refractivity contribution in [2.75, 3.05) is 38.7 Å². The number of aromatic nitrogens is 4. The molecule has 1 saturated heterocycles. The number of likely N-dealkylation sites (tertiary alicyclic amines) is 1. The van der Waals surface area contributed by atoms with Crippen LogP contribution in [0.3, 0.4) is 0 Å². The van der Waals surface area contributed by atoms with Crippen LogP contribution < -0.4 is 20.6 Å². The third kappa shape index (κ3) is 9.86. The summed E-state index contributed by atoms with van der Waals surface area (Å²) in [7, 11) is 0. The summed E-state index contributed by atoms with van der Waals surface area (Å²) in [6.07, 6.45) is 7.12. The molecule has 0 saturated carbocycles. The minimum absolute atomic E-state index is 0.0421. The van der Waals surface area contributed by atoms with E-state index in [0.29, 0.717) is 42.7 Å². The van der Waals surface area contributed by atoms with E-state index < -0.39 is 0 Å². The number of benzene rings is 4. The van der Waals surface area contributed by atoms with Gasteiger partial charge >= 0.3 is 0 Å². The van der Waals surface area contributed by atoms with Gasteiger partial charge < -0.3 is 14.4 Å². The lowest BCUT2D eigenvalue weighted by molar-refractivity contribution is 0.204. The summed E-state index contributed by atoms with van der Waals surface area (Å²) in [5, 5.41) is 1.24. The maximum Gasteiger partial charge on any atom is 0.265 e. The van der Waals surface area contributed by atoms with E-state index in [4.69, 9.17) is 26.1 Å². The minimum Gasteiger partial charge on any atom is -0.492 e. The highest BCUT2D eigenvalue weighted by molar-refractivity contribution is 9.11. The first kappa shape index (κ1) is 40.6. The molecule has 1 fully saturated rings. The van der Waals surface area contributed by atoms with Crippen molar-refractivity contribution < 1.29 is 9.47 Å². The third-order valence-electron chi connectivity index (χ3n) is 9.53. The number of piperidine rings is 1. The molecule has 0 N–H and O–H groups in total. The van der Waals surface area contributed by atoms with Gasteiger partial charge in [-0.3, -0.25) is 18.7 Å². The van der Waals surface area contributed by atoms with E-state index >= 15 is 0 Å². The Morgan fingerprint density at radius 2 is 1.13 bits per heavy atom. The topological polar surface area (TPSA) is 91.5 Å². The Morgan fingerprint density at radius 3 is 1.58 bits per heavy atom. The lowest BCUT2D eigenvalue weighted by Gasteiger charge is -2.26. The Morgan fingerprint density at radius 1 is 0.655 bits per heavy atom. The van der Waals surface area contributed by atoms with Crippen LogP contribution in [-0.2, 0) is 12.8 Å². The fourth-order valence-electron chi connectivity index (χ4n) is 6.75. The third-order valence-corrected chi connectivity index (χ3v) is 11.0. The summed E-state index contributed by atoms with van der Waals surface area (Å²) >= 11 is 12.8. The van der Waals surface area contributed by atoms with Crippen LogP contribution in [0, 0.1) is 0 Å². The number of fused-ring (bicyclic) bond motifs is 2. The van der Waals surface area contributed by atoms with Gasteiger partial charge in [0, 0.05) is 25.3 Å². The van der Waals surface area contributed by atoms with E-state index in [1.165, 1.54) is 32.4 Å². The first-order chi connectivity index (χ1) is 26.8. The molecule has 7 rings (SSSR count). The van der Waals surface area contributed by atoms with Gasteiger partial charge in [0.2, 0.25) is 0 Å². The number of aryl methyl sites for hydroxylation is 2. The standard InChI is InChI=1S/C24H28BrN3O2.C19H18BrClN2O2/c1-2-23-26-21-10-5-4-9-19(21)24(29)28(23)18-11-12-22(20(25)17-18)30-16-8-15-27-13-6-3-7-14-27;1-2-18-22-16-7-4-3-6-14(16)19(24)23(18)13-8-9-17(15(20)12-13)25-11-5-10-21/h4-5,9-12,17H,2-3,6-8,13-16H2,1H3;3-4,6-9,12H,2,5,10-11H2,1H3. The van der Waals surface area contributed by atoms with Gasteiger partial charge in [-0.2, -0.15) is 0 Å². The Bertz CT molecular complexity index is 2360. The van der Waals surface area contributed by atoms with E-state index in [9.17, 15) is 9.59 Å². The van der Waals surface area contributed by atoms with Gasteiger partial charge in [0.25, 0.3) is 11.1 Å². The molecule has 9 nitrogen and oxygen atoms in total. The molecule has 0 bridgehead atoms. The van der Waals surface area contributed by atoms with E-state index in [0.717, 1.165) is 73.9 Å². The fraction of sp³-hybridized carbons (Fsp3) is 0.349. The van der Waals surface area contributed by atoms with Crippen molar-refractivity contribution in [2.24, 2.45) is 0 Å². The normalized spacial score (nSPS) is 13.1. The Labute approximate surface area is 343 Å². The number of halogens is 3. The van der Waals surface area contributed by atoms with Gasteiger partial charge in [-0.05, 0) is 131 Å². The van der Waals surface area contributed by atoms with Crippen LogP contribution in [0.1, 0.15) is 57.6 Å². The minimum atomic E-state index is -0.0647. The number of rotatable bonds is 13. The van der Waals surface area contributed by atoms with Crippen molar-refractivity contribution >= 4 is 65.3 Å². The lowest BCUT2D eigenvalue weighted by atomic mass is 10.1. The molecule has 0 amide bonds. The highest BCUT2D eigenvalue weighted by Crippen LogP contribution is 2.29. The predicted octanol–water partition coefficient (Wildman–Crippen LogP) is 9.68. The molecule has 288 valence electrons. The van der Waals surface area contributed by atoms with E-state index in [2.05, 4.69) is 41.7 Å². The second kappa shape index (κ2) is 19.7. The van der Waals surface area contributed by atoms with Crippen molar-refractivity contribution in [3.05, 3.63) is 126 Å². The Hall–Kier alpha value is -4.03. The number of nitrogens with zero attached hydrogens (tertiary/aromatic N) is 5. The van der Waals surface area contributed by atoms with Crippen LogP contribution in [0.2, 0.25) is 0 Å². The molecule has 0 atom stereocenters. The van der Waals surface area contributed by atoms with Gasteiger partial charge in [0.05, 0.1) is 55.3 Å². The van der Waals surface area contributed by atoms with E-state index in [-0.39, 0.29) is 11.1 Å². The van der Waals surface area contributed by atoms with Crippen molar-refractivity contribution in [2.45, 2.75) is 58.8 Å². The predicted molar refractivity (Wildman–Crippen MR) is 230 cm³/mol. The Kier molecular flexibility index (Phi) is 14.6. The second-order valence-electron chi connectivity index (χ2n) is 13.3. The summed E-state index contributed by atoms with van der Waals surface area (Å²) in [5.74, 6) is 3.58. The average Bonchev–Trinajstić information content (AvgIpc) is 3.21. The monoisotopic (exact) mass is 889 g/mol. The quantitative estimate of drug-likeness (QED) is 0.0843. The van der Waals surface area contributed by atoms with Gasteiger partial charge in [-0.25, -0.2) is 9.97 Å². The SMILES string of the molecule is CCc1nc2ccccc2c(=O)n1-c1ccc(OCCCCl)c(Br)c1.CCc1nc2ccccc2c(=O)n1-c1ccc(OCCCN2CCCCC2)c(Br)c1. The van der Waals surface area contributed by atoms with Crippen molar-refractivity contribution in [1.29, 1.82) is 0 Å². The average molecular weight is 892 g/mol. The first-order valence-corrected chi connectivity index (χ1v) is 21.1. The molecular weight excluding hydrogens is 846 g/mol. The zero-order valence-electron chi connectivity index (χ0n) is 31.3. The molecule has 12 heteroatoms. The number of hydrogen-bond donors (Lipinski definition) is 0.